The third-order valence-corrected chi connectivity index (χ3v) is 0.961. The fraction of sp³-hybridized carbons (Fsp3) is 0.500. The van der Waals surface area contributed by atoms with Gasteiger partial charge in [-0.15, -0.1) is 0 Å². The van der Waals surface area contributed by atoms with E-state index >= 15 is 0 Å². The molecule has 0 saturated heterocycles. The van der Waals surface area contributed by atoms with Gasteiger partial charge in [-0.25, -0.2) is 9.97 Å². The van der Waals surface area contributed by atoms with E-state index in [4.69, 9.17) is 4.74 Å². The molecule has 1 rings (SSSR count). The molecule has 1 heterocycles. The normalized spacial score (nSPS) is 11.2. The Labute approximate surface area is 66.4 Å². The van der Waals surface area contributed by atoms with E-state index in [1.807, 2.05) is 20.8 Å². The molecule has 0 amide bonds. The van der Waals surface area contributed by atoms with E-state index in [0.29, 0.717) is 5.75 Å². The van der Waals surface area contributed by atoms with Crippen molar-refractivity contribution >= 4 is 0 Å². The van der Waals surface area contributed by atoms with Gasteiger partial charge in [-0.2, -0.15) is 0 Å². The number of hydrogen-bond donors (Lipinski definition) is 0. The fourth-order valence-corrected chi connectivity index (χ4v) is 0.692. The predicted molar refractivity (Wildman–Crippen MR) is 42.4 cm³/mol. The maximum Gasteiger partial charge on any atom is 0.156 e. The van der Waals surface area contributed by atoms with Gasteiger partial charge in [0.15, 0.2) is 5.75 Å². The van der Waals surface area contributed by atoms with Crippen LogP contribution in [0.1, 0.15) is 20.8 Å². The maximum atomic E-state index is 5.48. The van der Waals surface area contributed by atoms with Gasteiger partial charge in [0, 0.05) is 0 Å². The summed E-state index contributed by atoms with van der Waals surface area (Å²) in [7, 11) is 0. The van der Waals surface area contributed by atoms with Crippen molar-refractivity contribution in [1.82, 2.24) is 9.97 Å². The highest BCUT2D eigenvalue weighted by atomic mass is 16.5. The van der Waals surface area contributed by atoms with Gasteiger partial charge >= 0.3 is 0 Å². The Hall–Kier alpha value is -1.12. The van der Waals surface area contributed by atoms with Crippen molar-refractivity contribution in [2.45, 2.75) is 26.4 Å². The van der Waals surface area contributed by atoms with Crippen LogP contribution in [0.5, 0.6) is 5.75 Å². The first-order chi connectivity index (χ1) is 5.08. The van der Waals surface area contributed by atoms with Crippen LogP contribution in [0.2, 0.25) is 0 Å². The first-order valence-corrected chi connectivity index (χ1v) is 3.52. The van der Waals surface area contributed by atoms with Crippen LogP contribution in [-0.2, 0) is 0 Å². The van der Waals surface area contributed by atoms with E-state index < -0.39 is 0 Å². The van der Waals surface area contributed by atoms with Gasteiger partial charge in [-0.05, 0) is 20.8 Å². The zero-order valence-corrected chi connectivity index (χ0v) is 7.03. The van der Waals surface area contributed by atoms with Crippen LogP contribution in [0.15, 0.2) is 18.7 Å². The average Bonchev–Trinajstić information content (AvgIpc) is 1.85. The molecule has 0 saturated carbocycles. The minimum Gasteiger partial charge on any atom is -0.485 e. The number of aromatic nitrogens is 2. The maximum absolute atomic E-state index is 5.48. The lowest BCUT2D eigenvalue weighted by Crippen LogP contribution is -2.23. The lowest BCUT2D eigenvalue weighted by molar-refractivity contribution is 0.129. The van der Waals surface area contributed by atoms with Crippen molar-refractivity contribution < 1.29 is 4.74 Å². The van der Waals surface area contributed by atoms with Crippen molar-refractivity contribution in [3.05, 3.63) is 18.7 Å². The highest BCUT2D eigenvalue weighted by Crippen LogP contribution is 2.13. The Morgan fingerprint density at radius 2 is 1.73 bits per heavy atom. The van der Waals surface area contributed by atoms with E-state index in [1.54, 1.807) is 12.4 Å². The minimum absolute atomic E-state index is 0.176. The van der Waals surface area contributed by atoms with Gasteiger partial charge in [0.1, 0.15) is 11.9 Å². The van der Waals surface area contributed by atoms with Crippen LogP contribution in [0, 0.1) is 0 Å². The average molecular weight is 152 g/mol. The van der Waals surface area contributed by atoms with Crippen molar-refractivity contribution in [3.63, 3.8) is 0 Å². The lowest BCUT2D eigenvalue weighted by atomic mass is 10.2. The highest BCUT2D eigenvalue weighted by molar-refractivity contribution is 5.11. The predicted octanol–water partition coefficient (Wildman–Crippen LogP) is 1.65. The lowest BCUT2D eigenvalue weighted by Gasteiger charge is -2.20. The summed E-state index contributed by atoms with van der Waals surface area (Å²) in [6, 6.07) is 0. The van der Waals surface area contributed by atoms with Crippen LogP contribution in [0.3, 0.4) is 0 Å². The zero-order valence-electron chi connectivity index (χ0n) is 7.03. The van der Waals surface area contributed by atoms with Gasteiger partial charge in [0.05, 0.1) is 12.4 Å². The van der Waals surface area contributed by atoms with Gasteiger partial charge in [0.2, 0.25) is 0 Å². The quantitative estimate of drug-likeness (QED) is 0.613. The third-order valence-electron chi connectivity index (χ3n) is 0.961. The molecular formula is C8H12N2O. The topological polar surface area (TPSA) is 35.0 Å². The monoisotopic (exact) mass is 152 g/mol. The first kappa shape index (κ1) is 7.98. The summed E-state index contributed by atoms with van der Waals surface area (Å²) in [6.45, 7) is 5.96. The Bertz CT molecular complexity index is 215. The summed E-state index contributed by atoms with van der Waals surface area (Å²) in [5, 5.41) is 0. The second kappa shape index (κ2) is 2.86. The second-order valence-corrected chi connectivity index (χ2v) is 3.29. The number of rotatable bonds is 1. The summed E-state index contributed by atoms with van der Waals surface area (Å²) in [5.74, 6) is 0.708. The molecule has 0 bridgehead atoms. The summed E-state index contributed by atoms with van der Waals surface area (Å²) in [4.78, 5) is 7.67. The first-order valence-electron chi connectivity index (χ1n) is 3.52. The Morgan fingerprint density at radius 1 is 1.18 bits per heavy atom. The van der Waals surface area contributed by atoms with Crippen LogP contribution < -0.4 is 4.74 Å². The van der Waals surface area contributed by atoms with Crippen LogP contribution in [0.25, 0.3) is 0 Å². The largest absolute Gasteiger partial charge is 0.485 e. The molecule has 0 aliphatic rings. The van der Waals surface area contributed by atoms with Gasteiger partial charge < -0.3 is 4.74 Å². The van der Waals surface area contributed by atoms with E-state index in [0.717, 1.165) is 0 Å². The molecule has 0 radical (unpaired) electrons. The molecule has 0 aliphatic heterocycles. The summed E-state index contributed by atoms with van der Waals surface area (Å²) in [6.07, 6.45) is 4.78. The summed E-state index contributed by atoms with van der Waals surface area (Å²) in [5.41, 5.74) is -0.176. The number of nitrogens with zero attached hydrogens (tertiary/aromatic N) is 2. The molecule has 11 heavy (non-hydrogen) atoms. The molecule has 3 heteroatoms. The standard InChI is InChI=1S/C8H12N2O/c1-8(2,3)11-7-4-9-6-10-5-7/h4-6H,1-3H3. The van der Waals surface area contributed by atoms with Crippen molar-refractivity contribution in [1.29, 1.82) is 0 Å². The smallest absolute Gasteiger partial charge is 0.156 e. The molecule has 0 spiro atoms. The SMILES string of the molecule is CC(C)(C)Oc1cncnc1. The van der Waals surface area contributed by atoms with Gasteiger partial charge in [-0.3, -0.25) is 0 Å². The molecule has 0 unspecified atom stereocenters. The van der Waals surface area contributed by atoms with Crippen molar-refractivity contribution in [2.75, 3.05) is 0 Å². The Morgan fingerprint density at radius 3 is 2.18 bits per heavy atom. The Kier molecular flexibility index (Phi) is 2.08. The van der Waals surface area contributed by atoms with E-state index in [2.05, 4.69) is 9.97 Å². The van der Waals surface area contributed by atoms with E-state index in [9.17, 15) is 0 Å². The zero-order chi connectivity index (χ0) is 8.32. The van der Waals surface area contributed by atoms with E-state index in [-0.39, 0.29) is 5.60 Å². The minimum atomic E-state index is -0.176. The molecule has 3 nitrogen and oxygen atoms in total. The summed E-state index contributed by atoms with van der Waals surface area (Å²) < 4.78 is 5.48. The molecule has 1 aromatic rings. The van der Waals surface area contributed by atoms with Crippen LogP contribution in [0.4, 0.5) is 0 Å². The number of hydrogen-bond acceptors (Lipinski definition) is 3. The van der Waals surface area contributed by atoms with Gasteiger partial charge in [0.25, 0.3) is 0 Å². The molecule has 1 aromatic heterocycles. The molecule has 0 N–H and O–H groups in total. The molecular weight excluding hydrogens is 140 g/mol. The Balaban J connectivity index is 2.66. The molecule has 0 aliphatic carbocycles. The molecule has 60 valence electrons. The van der Waals surface area contributed by atoms with Crippen molar-refractivity contribution in [3.8, 4) is 5.75 Å². The van der Waals surface area contributed by atoms with E-state index in [1.165, 1.54) is 6.33 Å². The molecule has 0 aromatic carbocycles. The van der Waals surface area contributed by atoms with Gasteiger partial charge in [-0.1, -0.05) is 0 Å². The third kappa shape index (κ3) is 2.98. The molecule has 0 atom stereocenters. The van der Waals surface area contributed by atoms with Crippen LogP contribution >= 0.6 is 0 Å². The summed E-state index contributed by atoms with van der Waals surface area (Å²) >= 11 is 0. The fourth-order valence-electron chi connectivity index (χ4n) is 0.692. The second-order valence-electron chi connectivity index (χ2n) is 3.29. The highest BCUT2D eigenvalue weighted by Gasteiger charge is 2.11. The van der Waals surface area contributed by atoms with Crippen LogP contribution in [-0.4, -0.2) is 15.6 Å². The van der Waals surface area contributed by atoms with Crippen molar-refractivity contribution in [2.24, 2.45) is 0 Å². The number of ether oxygens (including phenoxy) is 1. The molecule has 0 fully saturated rings.